The van der Waals surface area contributed by atoms with Crippen molar-refractivity contribution < 1.29 is 19.2 Å². The normalized spacial score (nSPS) is 17.9. The quantitative estimate of drug-likeness (QED) is 0.300. The number of H-pyrrole nitrogens is 1. The van der Waals surface area contributed by atoms with E-state index >= 15 is 0 Å². The summed E-state index contributed by atoms with van der Waals surface area (Å²) in [6, 6.07) is 6.97. The van der Waals surface area contributed by atoms with Crippen molar-refractivity contribution in [2.24, 2.45) is 0 Å². The molecule has 0 bridgehead atoms. The van der Waals surface area contributed by atoms with Gasteiger partial charge in [0, 0.05) is 29.7 Å². The van der Waals surface area contributed by atoms with Crippen LogP contribution in [0.15, 0.2) is 24.3 Å². The number of imide groups is 1. The Kier molecular flexibility index (Phi) is 4.86. The highest BCUT2D eigenvalue weighted by Crippen LogP contribution is 2.35. The zero-order chi connectivity index (χ0) is 20.6. The van der Waals surface area contributed by atoms with Crippen LogP contribution in [0.4, 0.5) is 4.79 Å². The number of rotatable bonds is 6. The smallest absolute Gasteiger partial charge is 0.325 e. The van der Waals surface area contributed by atoms with E-state index in [0.717, 1.165) is 18.4 Å². The number of benzene rings is 1. The number of carbonyl (C=O) groups is 4. The third-order valence-electron chi connectivity index (χ3n) is 5.87. The second kappa shape index (κ2) is 7.35. The number of nitrogens with zero attached hydrogens (tertiary/aromatic N) is 1. The van der Waals surface area contributed by atoms with Crippen LogP contribution >= 0.6 is 0 Å². The summed E-state index contributed by atoms with van der Waals surface area (Å²) >= 11 is 0. The molecule has 152 valence electrons. The van der Waals surface area contributed by atoms with Gasteiger partial charge in [-0.25, -0.2) is 4.79 Å². The molecule has 0 radical (unpaired) electrons. The molecule has 4 amide bonds. The molecule has 1 aromatic carbocycles. The fraction of sp³-hybridized carbons (Fsp3) is 0.429. The molecule has 2 aromatic rings. The molecular formula is C21H24N4O4. The fourth-order valence-corrected chi connectivity index (χ4v) is 4.40. The predicted octanol–water partition coefficient (Wildman–Crippen LogP) is 2.03. The van der Waals surface area contributed by atoms with Crippen LogP contribution in [0, 0.1) is 6.92 Å². The number of Topliss-reactive ketones (excluding diaryl/α,β-unsaturated/α-hetero) is 1. The number of hydrogen-bond donors (Lipinski definition) is 3. The Hall–Kier alpha value is -3.16. The summed E-state index contributed by atoms with van der Waals surface area (Å²) in [5.41, 5.74) is 1.10. The second-order valence-electron chi connectivity index (χ2n) is 7.79. The molecule has 29 heavy (non-hydrogen) atoms. The van der Waals surface area contributed by atoms with Crippen molar-refractivity contribution in [3.63, 3.8) is 0 Å². The van der Waals surface area contributed by atoms with Gasteiger partial charge >= 0.3 is 6.03 Å². The fourth-order valence-electron chi connectivity index (χ4n) is 4.40. The van der Waals surface area contributed by atoms with Crippen LogP contribution in [-0.2, 0) is 9.59 Å². The highest BCUT2D eigenvalue weighted by molar-refractivity contribution is 6.45. The van der Waals surface area contributed by atoms with E-state index in [4.69, 9.17) is 0 Å². The molecule has 2 fully saturated rings. The molecule has 4 rings (SSSR count). The number of hydrogen-bond acceptors (Lipinski definition) is 4. The lowest BCUT2D eigenvalue weighted by Crippen LogP contribution is -2.44. The molecule has 1 spiro atoms. The summed E-state index contributed by atoms with van der Waals surface area (Å²) in [6.45, 7) is 2.18. The van der Waals surface area contributed by atoms with Crippen LogP contribution in [0.3, 0.4) is 0 Å². The zero-order valence-corrected chi connectivity index (χ0v) is 16.3. The minimum atomic E-state index is -0.719. The molecular weight excluding hydrogens is 372 g/mol. The minimum Gasteiger partial charge on any atom is -0.358 e. The molecule has 1 aliphatic carbocycles. The molecule has 0 unspecified atom stereocenters. The number of para-hydroxylation sites is 1. The highest BCUT2D eigenvalue weighted by atomic mass is 16.2. The third kappa shape index (κ3) is 3.28. The maximum atomic E-state index is 12.6. The molecule has 8 nitrogen and oxygen atoms in total. The minimum absolute atomic E-state index is 0.170. The summed E-state index contributed by atoms with van der Waals surface area (Å²) < 4.78 is 0. The van der Waals surface area contributed by atoms with Crippen molar-refractivity contribution in [1.82, 2.24) is 20.5 Å². The van der Waals surface area contributed by atoms with Crippen molar-refractivity contribution >= 4 is 34.5 Å². The number of ketones is 1. The average Bonchev–Trinajstić information content (AvgIpc) is 3.36. The Morgan fingerprint density at radius 2 is 1.90 bits per heavy atom. The first kappa shape index (κ1) is 19.2. The Morgan fingerprint density at radius 3 is 2.66 bits per heavy atom. The molecule has 8 heteroatoms. The Morgan fingerprint density at radius 1 is 1.17 bits per heavy atom. The summed E-state index contributed by atoms with van der Waals surface area (Å²) in [4.78, 5) is 54.0. The van der Waals surface area contributed by atoms with E-state index in [9.17, 15) is 19.2 Å². The van der Waals surface area contributed by atoms with Crippen LogP contribution in [0.25, 0.3) is 10.9 Å². The summed E-state index contributed by atoms with van der Waals surface area (Å²) in [7, 11) is 0. The van der Waals surface area contributed by atoms with E-state index in [1.807, 2.05) is 18.2 Å². The van der Waals surface area contributed by atoms with Gasteiger partial charge in [-0.05, 0) is 32.3 Å². The zero-order valence-electron chi connectivity index (χ0n) is 16.3. The van der Waals surface area contributed by atoms with Gasteiger partial charge in [0.25, 0.3) is 17.6 Å². The van der Waals surface area contributed by atoms with E-state index in [0.29, 0.717) is 35.9 Å². The van der Waals surface area contributed by atoms with Gasteiger partial charge in [-0.3, -0.25) is 19.3 Å². The maximum Gasteiger partial charge on any atom is 0.325 e. The number of aromatic nitrogens is 1. The molecule has 2 aliphatic rings. The predicted molar refractivity (Wildman–Crippen MR) is 106 cm³/mol. The largest absolute Gasteiger partial charge is 0.358 e. The Bertz CT molecular complexity index is 1000. The number of urea groups is 1. The van der Waals surface area contributed by atoms with Gasteiger partial charge in [0.15, 0.2) is 0 Å². The van der Waals surface area contributed by atoms with Crippen LogP contribution in [-0.4, -0.2) is 52.1 Å². The number of aryl methyl sites for hydroxylation is 1. The number of carbonyl (C=O) groups excluding carboxylic acids is 4. The SMILES string of the molecule is Cc1[nH]c2ccccc2c1C(=O)C(=O)NCCCN1C(=O)NC2(CCCC2)C1=O. The van der Waals surface area contributed by atoms with Crippen LogP contribution < -0.4 is 10.6 Å². The van der Waals surface area contributed by atoms with Gasteiger partial charge in [0.2, 0.25) is 0 Å². The number of fused-ring (bicyclic) bond motifs is 1. The van der Waals surface area contributed by atoms with Gasteiger partial charge < -0.3 is 15.6 Å². The number of aromatic amines is 1. The lowest BCUT2D eigenvalue weighted by molar-refractivity contribution is -0.131. The van der Waals surface area contributed by atoms with Crippen molar-refractivity contribution in [2.45, 2.75) is 44.6 Å². The maximum absolute atomic E-state index is 12.6. The first-order valence-corrected chi connectivity index (χ1v) is 9.97. The van der Waals surface area contributed by atoms with Gasteiger partial charge in [-0.1, -0.05) is 31.0 Å². The number of amides is 4. The van der Waals surface area contributed by atoms with Crippen LogP contribution in [0.5, 0.6) is 0 Å². The molecule has 1 aliphatic heterocycles. The Labute approximate surface area is 168 Å². The van der Waals surface area contributed by atoms with Crippen molar-refractivity contribution in [3.8, 4) is 0 Å². The lowest BCUT2D eigenvalue weighted by atomic mass is 9.98. The monoisotopic (exact) mass is 396 g/mol. The van der Waals surface area contributed by atoms with Crippen molar-refractivity contribution in [1.29, 1.82) is 0 Å². The van der Waals surface area contributed by atoms with E-state index in [2.05, 4.69) is 15.6 Å². The van der Waals surface area contributed by atoms with E-state index in [1.54, 1.807) is 13.0 Å². The lowest BCUT2D eigenvalue weighted by Gasteiger charge is -2.20. The molecule has 2 heterocycles. The van der Waals surface area contributed by atoms with Crippen molar-refractivity contribution in [2.75, 3.05) is 13.1 Å². The average molecular weight is 396 g/mol. The van der Waals surface area contributed by atoms with E-state index in [-0.39, 0.29) is 25.0 Å². The van der Waals surface area contributed by atoms with Crippen molar-refractivity contribution in [3.05, 3.63) is 35.5 Å². The first-order valence-electron chi connectivity index (χ1n) is 9.97. The molecule has 1 saturated heterocycles. The third-order valence-corrected chi connectivity index (χ3v) is 5.87. The molecule has 1 aromatic heterocycles. The van der Waals surface area contributed by atoms with E-state index < -0.39 is 17.2 Å². The van der Waals surface area contributed by atoms with Crippen LogP contribution in [0.2, 0.25) is 0 Å². The van der Waals surface area contributed by atoms with Gasteiger partial charge in [-0.15, -0.1) is 0 Å². The first-order chi connectivity index (χ1) is 13.9. The van der Waals surface area contributed by atoms with Gasteiger partial charge in [0.1, 0.15) is 5.54 Å². The summed E-state index contributed by atoms with van der Waals surface area (Å²) in [5, 5.41) is 6.15. The molecule has 1 saturated carbocycles. The summed E-state index contributed by atoms with van der Waals surface area (Å²) in [5.74, 6) is -1.46. The van der Waals surface area contributed by atoms with Crippen LogP contribution in [0.1, 0.15) is 48.2 Å². The van der Waals surface area contributed by atoms with E-state index in [1.165, 1.54) is 4.90 Å². The topological polar surface area (TPSA) is 111 Å². The van der Waals surface area contributed by atoms with Gasteiger partial charge in [-0.2, -0.15) is 0 Å². The second-order valence-corrected chi connectivity index (χ2v) is 7.79. The Balaban J connectivity index is 1.32. The highest BCUT2D eigenvalue weighted by Gasteiger charge is 2.51. The number of nitrogens with one attached hydrogen (secondary N) is 3. The molecule has 0 atom stereocenters. The molecule has 3 N–H and O–H groups in total. The van der Waals surface area contributed by atoms with Gasteiger partial charge in [0.05, 0.1) is 5.56 Å². The summed E-state index contributed by atoms with van der Waals surface area (Å²) in [6.07, 6.45) is 3.63. The standard InChI is InChI=1S/C21H24N4O4/c1-13-16(14-7-2-3-8-15(14)23-13)17(26)18(27)22-11-6-12-25-19(28)21(24-20(25)29)9-4-5-10-21/h2-3,7-8,23H,4-6,9-12H2,1H3,(H,22,27)(H,24,29).